The number of aromatic nitrogens is 2. The highest BCUT2D eigenvalue weighted by atomic mass is 16.5. The van der Waals surface area contributed by atoms with Gasteiger partial charge in [0.1, 0.15) is 5.60 Å². The first-order valence-corrected chi connectivity index (χ1v) is 10.9. The fourth-order valence-electron chi connectivity index (χ4n) is 4.70. The lowest BCUT2D eigenvalue weighted by Crippen LogP contribution is -2.45. The van der Waals surface area contributed by atoms with Gasteiger partial charge in [-0.15, -0.1) is 0 Å². The van der Waals surface area contributed by atoms with Crippen LogP contribution in [0.2, 0.25) is 0 Å². The molecule has 0 saturated carbocycles. The number of hydrogen-bond acceptors (Lipinski definition) is 7. The van der Waals surface area contributed by atoms with E-state index in [0.29, 0.717) is 18.4 Å². The zero-order valence-corrected chi connectivity index (χ0v) is 18.3. The Bertz CT molecular complexity index is 818. The van der Waals surface area contributed by atoms with Gasteiger partial charge in [0, 0.05) is 45.9 Å². The van der Waals surface area contributed by atoms with Crippen molar-refractivity contribution in [1.82, 2.24) is 15.0 Å². The van der Waals surface area contributed by atoms with Gasteiger partial charge in [-0.1, -0.05) is 34.5 Å². The number of methoxy groups -OCH3 is 1. The van der Waals surface area contributed by atoms with Crippen molar-refractivity contribution in [2.45, 2.75) is 57.2 Å². The third-order valence-corrected chi connectivity index (χ3v) is 6.53. The fourth-order valence-corrected chi connectivity index (χ4v) is 4.70. The van der Waals surface area contributed by atoms with Crippen LogP contribution in [0.25, 0.3) is 0 Å². The number of piperidine rings is 1. The summed E-state index contributed by atoms with van der Waals surface area (Å²) in [6, 6.07) is 6.26. The van der Waals surface area contributed by atoms with Crippen molar-refractivity contribution >= 4 is 0 Å². The SMILES string of the molecule is COC1(c2nc(C3CCOCC3)no2)CCN(C[C@@H](O)c2cc(C)cc(C)c2)CC1. The molecule has 3 heterocycles. The average molecular weight is 416 g/mol. The Labute approximate surface area is 178 Å². The minimum Gasteiger partial charge on any atom is -0.387 e. The maximum absolute atomic E-state index is 10.7. The maximum atomic E-state index is 10.7. The second-order valence-electron chi connectivity index (χ2n) is 8.78. The van der Waals surface area contributed by atoms with Crippen LogP contribution in [0.3, 0.4) is 0 Å². The Balaban J connectivity index is 1.38. The summed E-state index contributed by atoms with van der Waals surface area (Å²) < 4.78 is 17.0. The summed E-state index contributed by atoms with van der Waals surface area (Å²) in [5, 5.41) is 15.0. The van der Waals surface area contributed by atoms with Crippen LogP contribution in [-0.2, 0) is 15.1 Å². The number of aliphatic hydroxyl groups excluding tert-OH is 1. The number of aliphatic hydroxyl groups is 1. The van der Waals surface area contributed by atoms with E-state index < -0.39 is 11.7 Å². The zero-order valence-electron chi connectivity index (χ0n) is 18.3. The lowest BCUT2D eigenvalue weighted by atomic mass is 9.90. The number of ether oxygens (including phenoxy) is 2. The Morgan fingerprint density at radius 1 is 1.17 bits per heavy atom. The first kappa shape index (κ1) is 21.4. The first-order valence-electron chi connectivity index (χ1n) is 10.9. The van der Waals surface area contributed by atoms with Crippen LogP contribution in [0, 0.1) is 13.8 Å². The summed E-state index contributed by atoms with van der Waals surface area (Å²) >= 11 is 0. The van der Waals surface area contributed by atoms with Gasteiger partial charge in [-0.2, -0.15) is 4.98 Å². The van der Waals surface area contributed by atoms with E-state index in [1.165, 1.54) is 11.1 Å². The van der Waals surface area contributed by atoms with Crippen molar-refractivity contribution < 1.29 is 19.1 Å². The largest absolute Gasteiger partial charge is 0.387 e. The van der Waals surface area contributed by atoms with E-state index in [0.717, 1.165) is 63.4 Å². The highest BCUT2D eigenvalue weighted by molar-refractivity contribution is 5.30. The Morgan fingerprint density at radius 3 is 2.47 bits per heavy atom. The second kappa shape index (κ2) is 9.14. The number of hydrogen-bond donors (Lipinski definition) is 1. The van der Waals surface area contributed by atoms with E-state index in [9.17, 15) is 5.11 Å². The maximum Gasteiger partial charge on any atom is 0.258 e. The van der Waals surface area contributed by atoms with Gasteiger partial charge in [0.15, 0.2) is 5.82 Å². The molecule has 4 rings (SSSR count). The summed E-state index contributed by atoms with van der Waals surface area (Å²) in [6.45, 7) is 7.87. The molecule has 2 aliphatic rings. The number of rotatable bonds is 6. The molecule has 0 amide bonds. The molecule has 2 saturated heterocycles. The van der Waals surface area contributed by atoms with Crippen LogP contribution in [-0.4, -0.2) is 60.1 Å². The number of benzene rings is 1. The molecule has 2 aliphatic heterocycles. The minimum absolute atomic E-state index is 0.304. The van der Waals surface area contributed by atoms with Gasteiger partial charge in [-0.05, 0) is 45.1 Å². The van der Waals surface area contributed by atoms with Crippen molar-refractivity contribution in [3.8, 4) is 0 Å². The van der Waals surface area contributed by atoms with Crippen LogP contribution in [0.1, 0.15) is 66.1 Å². The summed E-state index contributed by atoms with van der Waals surface area (Å²) in [5.41, 5.74) is 2.79. The monoisotopic (exact) mass is 415 g/mol. The van der Waals surface area contributed by atoms with Crippen molar-refractivity contribution in [3.63, 3.8) is 0 Å². The standard InChI is InChI=1S/C23H33N3O4/c1-16-12-17(2)14-19(13-16)20(27)15-26-8-6-23(28-3,7-9-26)22-24-21(25-30-22)18-4-10-29-11-5-18/h12-14,18,20,27H,4-11,15H2,1-3H3/t20-/m1/s1. The van der Waals surface area contributed by atoms with E-state index >= 15 is 0 Å². The molecule has 1 aromatic heterocycles. The van der Waals surface area contributed by atoms with Crippen molar-refractivity contribution in [3.05, 3.63) is 46.6 Å². The number of likely N-dealkylation sites (tertiary alicyclic amines) is 1. The molecule has 2 fully saturated rings. The molecule has 7 heteroatoms. The van der Waals surface area contributed by atoms with Gasteiger partial charge in [0.05, 0.1) is 6.10 Å². The van der Waals surface area contributed by atoms with Crippen molar-refractivity contribution in [2.24, 2.45) is 0 Å². The third kappa shape index (κ3) is 4.59. The quantitative estimate of drug-likeness (QED) is 0.776. The lowest BCUT2D eigenvalue weighted by molar-refractivity contribution is -0.0866. The van der Waals surface area contributed by atoms with Crippen LogP contribution < -0.4 is 0 Å². The molecule has 164 valence electrons. The van der Waals surface area contributed by atoms with E-state index in [4.69, 9.17) is 19.0 Å². The topological polar surface area (TPSA) is 80.9 Å². The highest BCUT2D eigenvalue weighted by Crippen LogP contribution is 2.37. The predicted octanol–water partition coefficient (Wildman–Crippen LogP) is 3.25. The normalized spacial score (nSPS) is 21.6. The lowest BCUT2D eigenvalue weighted by Gasteiger charge is -2.39. The molecular formula is C23H33N3O4. The summed E-state index contributed by atoms with van der Waals surface area (Å²) in [6.07, 6.45) is 2.89. The zero-order chi connectivity index (χ0) is 21.1. The van der Waals surface area contributed by atoms with E-state index in [1.807, 2.05) is 0 Å². The predicted molar refractivity (Wildman–Crippen MR) is 112 cm³/mol. The summed E-state index contributed by atoms with van der Waals surface area (Å²) in [7, 11) is 1.72. The molecule has 2 aromatic rings. The number of nitrogens with zero attached hydrogens (tertiary/aromatic N) is 3. The molecule has 0 unspecified atom stereocenters. The van der Waals surface area contributed by atoms with Crippen LogP contribution >= 0.6 is 0 Å². The molecule has 0 radical (unpaired) electrons. The molecule has 0 bridgehead atoms. The number of β-amino-alcohol motifs (C(OH)–C–C–N with tert-alkyl or cyclic N) is 1. The van der Waals surface area contributed by atoms with Gasteiger partial charge in [-0.25, -0.2) is 0 Å². The van der Waals surface area contributed by atoms with Crippen LogP contribution in [0.15, 0.2) is 22.7 Å². The molecule has 7 nitrogen and oxygen atoms in total. The molecule has 0 aliphatic carbocycles. The molecule has 0 spiro atoms. The van der Waals surface area contributed by atoms with Crippen molar-refractivity contribution in [1.29, 1.82) is 0 Å². The third-order valence-electron chi connectivity index (χ3n) is 6.53. The molecule has 1 N–H and O–H groups in total. The number of aryl methyl sites for hydroxylation is 2. The molecule has 1 aromatic carbocycles. The van der Waals surface area contributed by atoms with Crippen molar-refractivity contribution in [2.75, 3.05) is 40.0 Å². The fraction of sp³-hybridized carbons (Fsp3) is 0.652. The van der Waals surface area contributed by atoms with Gasteiger partial charge in [-0.3, -0.25) is 0 Å². The van der Waals surface area contributed by atoms with Gasteiger partial charge in [0.25, 0.3) is 5.89 Å². The van der Waals surface area contributed by atoms with E-state index in [2.05, 4.69) is 42.1 Å². The Morgan fingerprint density at radius 2 is 1.83 bits per heavy atom. The summed E-state index contributed by atoms with van der Waals surface area (Å²) in [5.74, 6) is 1.66. The molecule has 1 atom stereocenters. The highest BCUT2D eigenvalue weighted by Gasteiger charge is 2.42. The van der Waals surface area contributed by atoms with E-state index in [-0.39, 0.29) is 0 Å². The smallest absolute Gasteiger partial charge is 0.258 e. The molecule has 30 heavy (non-hydrogen) atoms. The van der Waals surface area contributed by atoms with Gasteiger partial charge >= 0.3 is 0 Å². The summed E-state index contributed by atoms with van der Waals surface area (Å²) in [4.78, 5) is 7.01. The Kier molecular flexibility index (Phi) is 6.53. The first-order chi connectivity index (χ1) is 14.5. The minimum atomic E-state index is -0.544. The second-order valence-corrected chi connectivity index (χ2v) is 8.78. The van der Waals surface area contributed by atoms with Crippen LogP contribution in [0.4, 0.5) is 0 Å². The Hall–Kier alpha value is -1.80. The average Bonchev–Trinajstić information content (AvgIpc) is 3.25. The van der Waals surface area contributed by atoms with Crippen LogP contribution in [0.5, 0.6) is 0 Å². The van der Waals surface area contributed by atoms with Gasteiger partial charge < -0.3 is 24.0 Å². The van der Waals surface area contributed by atoms with Gasteiger partial charge in [0.2, 0.25) is 0 Å². The van der Waals surface area contributed by atoms with E-state index in [1.54, 1.807) is 7.11 Å². The molecular weight excluding hydrogens is 382 g/mol.